The summed E-state index contributed by atoms with van der Waals surface area (Å²) in [6, 6.07) is 1.57. The van der Waals surface area contributed by atoms with Crippen molar-refractivity contribution in [2.45, 2.75) is 32.3 Å². The average molecular weight is 193 g/mol. The minimum atomic E-state index is -0.347. The van der Waals surface area contributed by atoms with Gasteiger partial charge in [-0.25, -0.2) is 9.97 Å². The Balaban J connectivity index is 2.36. The van der Waals surface area contributed by atoms with Crippen LogP contribution in [0.4, 0.5) is 0 Å². The molecule has 1 aromatic rings. The molecule has 4 nitrogen and oxygen atoms in total. The summed E-state index contributed by atoms with van der Waals surface area (Å²) < 4.78 is 0. The van der Waals surface area contributed by atoms with E-state index in [9.17, 15) is 4.79 Å². The Morgan fingerprint density at radius 1 is 1.71 bits per heavy atom. The second-order valence-electron chi connectivity index (χ2n) is 3.21. The molecule has 1 N–H and O–H groups in total. The molecule has 0 aliphatic rings. The van der Waals surface area contributed by atoms with Crippen LogP contribution >= 0.6 is 0 Å². The number of rotatable bonds is 5. The molecular weight excluding hydrogens is 180 g/mol. The fraction of sp³-hybridized carbons (Fsp3) is 0.500. The van der Waals surface area contributed by atoms with E-state index in [1.54, 1.807) is 13.0 Å². The SMILES string of the molecule is CC(O)CCCC(=O)c1ccn[c]n1. The van der Waals surface area contributed by atoms with Gasteiger partial charge >= 0.3 is 0 Å². The lowest BCUT2D eigenvalue weighted by atomic mass is 10.1. The van der Waals surface area contributed by atoms with Gasteiger partial charge in [0.25, 0.3) is 0 Å². The zero-order valence-corrected chi connectivity index (χ0v) is 8.10. The number of carbonyl (C=O) groups is 1. The van der Waals surface area contributed by atoms with E-state index in [0.717, 1.165) is 0 Å². The summed E-state index contributed by atoms with van der Waals surface area (Å²) >= 11 is 0. The highest BCUT2D eigenvalue weighted by Crippen LogP contribution is 2.05. The van der Waals surface area contributed by atoms with Crippen molar-refractivity contribution < 1.29 is 9.90 Å². The van der Waals surface area contributed by atoms with E-state index < -0.39 is 0 Å². The van der Waals surface area contributed by atoms with Gasteiger partial charge in [0.15, 0.2) is 12.1 Å². The second-order valence-corrected chi connectivity index (χ2v) is 3.21. The van der Waals surface area contributed by atoms with Gasteiger partial charge in [0.1, 0.15) is 5.69 Å². The molecule has 0 fully saturated rings. The van der Waals surface area contributed by atoms with E-state index in [4.69, 9.17) is 5.11 Å². The minimum absolute atomic E-state index is 0.0238. The zero-order chi connectivity index (χ0) is 10.4. The van der Waals surface area contributed by atoms with Gasteiger partial charge in [-0.15, -0.1) is 0 Å². The Hall–Kier alpha value is -1.29. The molecule has 1 aromatic heterocycles. The molecular formula is C10H13N2O2. The molecule has 1 atom stereocenters. The van der Waals surface area contributed by atoms with Crippen molar-refractivity contribution in [3.05, 3.63) is 24.3 Å². The van der Waals surface area contributed by atoms with Crippen LogP contribution in [0.3, 0.4) is 0 Å². The molecule has 0 aliphatic carbocycles. The highest BCUT2D eigenvalue weighted by molar-refractivity contribution is 5.93. The van der Waals surface area contributed by atoms with Crippen molar-refractivity contribution in [3.8, 4) is 0 Å². The van der Waals surface area contributed by atoms with Crippen LogP contribution in [-0.4, -0.2) is 27.0 Å². The average Bonchev–Trinajstić information content (AvgIpc) is 2.18. The van der Waals surface area contributed by atoms with Crippen LogP contribution in [-0.2, 0) is 0 Å². The third-order valence-electron chi connectivity index (χ3n) is 1.85. The maximum absolute atomic E-state index is 11.4. The molecule has 1 radical (unpaired) electrons. The van der Waals surface area contributed by atoms with Gasteiger partial charge < -0.3 is 5.11 Å². The first-order chi connectivity index (χ1) is 6.70. The number of Topliss-reactive ketones (excluding diaryl/α,β-unsaturated/α-hetero) is 1. The molecule has 0 saturated carbocycles. The van der Waals surface area contributed by atoms with Gasteiger partial charge in [0.05, 0.1) is 6.10 Å². The van der Waals surface area contributed by atoms with E-state index in [-0.39, 0.29) is 11.9 Å². The van der Waals surface area contributed by atoms with Gasteiger partial charge in [-0.05, 0) is 25.8 Å². The summed E-state index contributed by atoms with van der Waals surface area (Å²) in [5.74, 6) is -0.0238. The predicted molar refractivity (Wildman–Crippen MR) is 50.7 cm³/mol. The molecule has 14 heavy (non-hydrogen) atoms. The van der Waals surface area contributed by atoms with Crippen molar-refractivity contribution in [2.24, 2.45) is 0 Å². The van der Waals surface area contributed by atoms with Crippen molar-refractivity contribution in [3.63, 3.8) is 0 Å². The number of aliphatic hydroxyl groups is 1. The lowest BCUT2D eigenvalue weighted by molar-refractivity contribution is 0.0967. The first kappa shape index (κ1) is 10.8. The number of nitrogens with zero attached hydrogens (tertiary/aromatic N) is 2. The largest absolute Gasteiger partial charge is 0.393 e. The van der Waals surface area contributed by atoms with Crippen LogP contribution in [0, 0.1) is 6.33 Å². The third kappa shape index (κ3) is 3.62. The maximum Gasteiger partial charge on any atom is 0.198 e. The second kappa shape index (κ2) is 5.44. The van der Waals surface area contributed by atoms with Crippen LogP contribution < -0.4 is 0 Å². The Labute approximate surface area is 83.0 Å². The maximum atomic E-state index is 11.4. The lowest BCUT2D eigenvalue weighted by Crippen LogP contribution is -2.05. The van der Waals surface area contributed by atoms with E-state index in [0.29, 0.717) is 25.0 Å². The normalized spacial score (nSPS) is 12.4. The molecule has 0 bridgehead atoms. The highest BCUT2D eigenvalue weighted by atomic mass is 16.3. The topological polar surface area (TPSA) is 63.1 Å². The lowest BCUT2D eigenvalue weighted by Gasteiger charge is -2.02. The Morgan fingerprint density at radius 3 is 3.07 bits per heavy atom. The van der Waals surface area contributed by atoms with Crippen molar-refractivity contribution >= 4 is 5.78 Å². The summed E-state index contributed by atoms with van der Waals surface area (Å²) in [4.78, 5) is 18.8. The number of carbonyl (C=O) groups excluding carboxylic acids is 1. The van der Waals surface area contributed by atoms with E-state index in [2.05, 4.69) is 16.3 Å². The van der Waals surface area contributed by atoms with Crippen LogP contribution in [0.1, 0.15) is 36.7 Å². The molecule has 1 heterocycles. The highest BCUT2D eigenvalue weighted by Gasteiger charge is 2.07. The summed E-state index contributed by atoms with van der Waals surface area (Å²) in [6.07, 6.45) is 5.25. The molecule has 0 aliphatic heterocycles. The minimum Gasteiger partial charge on any atom is -0.393 e. The van der Waals surface area contributed by atoms with Crippen LogP contribution in [0.5, 0.6) is 0 Å². The molecule has 1 rings (SSSR count). The molecule has 75 valence electrons. The van der Waals surface area contributed by atoms with Crippen molar-refractivity contribution in [1.82, 2.24) is 9.97 Å². The first-order valence-corrected chi connectivity index (χ1v) is 4.60. The number of aliphatic hydroxyl groups excluding tert-OH is 1. The van der Waals surface area contributed by atoms with Crippen LogP contribution in [0.25, 0.3) is 0 Å². The zero-order valence-electron chi connectivity index (χ0n) is 8.10. The van der Waals surface area contributed by atoms with Gasteiger partial charge in [-0.1, -0.05) is 0 Å². The Bertz CT molecular complexity index is 285. The number of aromatic nitrogens is 2. The van der Waals surface area contributed by atoms with E-state index >= 15 is 0 Å². The molecule has 1 unspecified atom stereocenters. The predicted octanol–water partition coefficient (Wildman–Crippen LogP) is 1.01. The molecule has 0 amide bonds. The quantitative estimate of drug-likeness (QED) is 0.709. The summed E-state index contributed by atoms with van der Waals surface area (Å²) in [5, 5.41) is 8.99. The van der Waals surface area contributed by atoms with Crippen molar-refractivity contribution in [1.29, 1.82) is 0 Å². The molecule has 4 heteroatoms. The van der Waals surface area contributed by atoms with Gasteiger partial charge in [-0.3, -0.25) is 4.79 Å². The van der Waals surface area contributed by atoms with E-state index in [1.165, 1.54) is 6.20 Å². The fourth-order valence-corrected chi connectivity index (χ4v) is 1.10. The molecule has 0 saturated heterocycles. The van der Waals surface area contributed by atoms with Crippen LogP contribution in [0.15, 0.2) is 12.3 Å². The standard InChI is InChI=1S/C10H13N2O2/c1-8(13)3-2-4-10(14)9-5-6-11-7-12-9/h5-6,8,13H,2-4H2,1H3. The molecule has 0 aromatic carbocycles. The van der Waals surface area contributed by atoms with Crippen molar-refractivity contribution in [2.75, 3.05) is 0 Å². The van der Waals surface area contributed by atoms with Gasteiger partial charge in [0, 0.05) is 12.6 Å². The molecule has 0 spiro atoms. The number of hydrogen-bond donors (Lipinski definition) is 1. The van der Waals surface area contributed by atoms with Gasteiger partial charge in [0.2, 0.25) is 0 Å². The Kier molecular flexibility index (Phi) is 4.19. The van der Waals surface area contributed by atoms with E-state index in [1.807, 2.05) is 0 Å². The monoisotopic (exact) mass is 193 g/mol. The first-order valence-electron chi connectivity index (χ1n) is 4.60. The smallest absolute Gasteiger partial charge is 0.198 e. The van der Waals surface area contributed by atoms with Crippen LogP contribution in [0.2, 0.25) is 0 Å². The van der Waals surface area contributed by atoms with Gasteiger partial charge in [-0.2, -0.15) is 0 Å². The fourth-order valence-electron chi connectivity index (χ4n) is 1.10. The summed E-state index contributed by atoms with van der Waals surface area (Å²) in [5.41, 5.74) is 0.394. The summed E-state index contributed by atoms with van der Waals surface area (Å²) in [7, 11) is 0. The summed E-state index contributed by atoms with van der Waals surface area (Å²) in [6.45, 7) is 1.71. The number of hydrogen-bond acceptors (Lipinski definition) is 4. The third-order valence-corrected chi connectivity index (χ3v) is 1.85. The number of ketones is 1. The Morgan fingerprint density at radius 2 is 2.50 bits per heavy atom.